The van der Waals surface area contributed by atoms with Gasteiger partial charge in [-0.2, -0.15) is 0 Å². The minimum Gasteiger partial charge on any atom is -0.293 e. The molecular formula is C11H10ClFOS. The molecule has 4 heteroatoms. The lowest BCUT2D eigenvalue weighted by atomic mass is 10.0. The predicted molar refractivity (Wildman–Crippen MR) is 61.1 cm³/mol. The summed E-state index contributed by atoms with van der Waals surface area (Å²) in [6.07, 6.45) is 0.775. The smallest absolute Gasteiger partial charge is 0.176 e. The third-order valence-electron chi connectivity index (χ3n) is 2.52. The maximum Gasteiger partial charge on any atom is 0.176 e. The summed E-state index contributed by atoms with van der Waals surface area (Å²) in [5, 5.41) is 0.247. The highest BCUT2D eigenvalue weighted by Gasteiger charge is 2.28. The SMILES string of the molecule is CCC1SCc2c(F)cc(Cl)cc2C1=O. The first kappa shape index (κ1) is 11.0. The number of carbonyl (C=O) groups is 1. The number of thioether (sulfide) groups is 1. The van der Waals surface area contributed by atoms with Crippen molar-refractivity contribution >= 4 is 29.1 Å². The van der Waals surface area contributed by atoms with E-state index in [0.717, 1.165) is 6.42 Å². The summed E-state index contributed by atoms with van der Waals surface area (Å²) >= 11 is 7.24. The third-order valence-corrected chi connectivity index (χ3v) is 4.14. The number of hydrogen-bond acceptors (Lipinski definition) is 2. The number of rotatable bonds is 1. The van der Waals surface area contributed by atoms with E-state index in [4.69, 9.17) is 11.6 Å². The van der Waals surface area contributed by atoms with Crippen LogP contribution in [-0.4, -0.2) is 11.0 Å². The minimum atomic E-state index is -0.368. The Hall–Kier alpha value is -0.540. The van der Waals surface area contributed by atoms with E-state index >= 15 is 0 Å². The van der Waals surface area contributed by atoms with Crippen molar-refractivity contribution in [1.82, 2.24) is 0 Å². The summed E-state index contributed by atoms with van der Waals surface area (Å²) in [5.74, 6) is 0.195. The van der Waals surface area contributed by atoms with Crippen LogP contribution in [0.5, 0.6) is 0 Å². The highest BCUT2D eigenvalue weighted by Crippen LogP contribution is 2.34. The second kappa shape index (κ2) is 4.14. The van der Waals surface area contributed by atoms with E-state index < -0.39 is 0 Å². The molecule has 0 fully saturated rings. The lowest BCUT2D eigenvalue weighted by Crippen LogP contribution is -2.23. The maximum absolute atomic E-state index is 13.5. The Kier molecular flexibility index (Phi) is 3.03. The zero-order chi connectivity index (χ0) is 11.0. The lowest BCUT2D eigenvalue weighted by molar-refractivity contribution is 0.0985. The van der Waals surface area contributed by atoms with E-state index in [2.05, 4.69) is 0 Å². The molecule has 1 aromatic rings. The van der Waals surface area contributed by atoms with Gasteiger partial charge >= 0.3 is 0 Å². The summed E-state index contributed by atoms with van der Waals surface area (Å²) in [6.45, 7) is 1.96. The zero-order valence-corrected chi connectivity index (χ0v) is 9.79. The Bertz CT molecular complexity index is 419. The van der Waals surface area contributed by atoms with Crippen LogP contribution in [0.15, 0.2) is 12.1 Å². The molecule has 80 valence electrons. The van der Waals surface area contributed by atoms with Gasteiger partial charge in [0.2, 0.25) is 0 Å². The van der Waals surface area contributed by atoms with E-state index in [1.807, 2.05) is 6.92 Å². The third kappa shape index (κ3) is 1.91. The number of Topliss-reactive ketones (excluding diaryl/α,β-unsaturated/α-hetero) is 1. The van der Waals surface area contributed by atoms with Gasteiger partial charge in [-0.1, -0.05) is 18.5 Å². The second-order valence-electron chi connectivity index (χ2n) is 3.49. The molecule has 1 nitrogen and oxygen atoms in total. The number of carbonyl (C=O) groups excluding carboxylic acids is 1. The molecule has 0 saturated heterocycles. The van der Waals surface area contributed by atoms with Gasteiger partial charge in [0, 0.05) is 21.9 Å². The highest BCUT2D eigenvalue weighted by molar-refractivity contribution is 8.00. The molecule has 1 atom stereocenters. The van der Waals surface area contributed by atoms with Crippen molar-refractivity contribution in [3.8, 4) is 0 Å². The second-order valence-corrected chi connectivity index (χ2v) is 5.11. The van der Waals surface area contributed by atoms with Gasteiger partial charge in [0.1, 0.15) is 5.82 Å². The number of fused-ring (bicyclic) bond motifs is 1. The first-order valence-electron chi connectivity index (χ1n) is 4.77. The number of halogens is 2. The predicted octanol–water partition coefficient (Wildman–Crippen LogP) is 3.69. The average molecular weight is 245 g/mol. The first-order chi connectivity index (χ1) is 7.13. The molecule has 1 heterocycles. The van der Waals surface area contributed by atoms with E-state index in [1.165, 1.54) is 17.8 Å². The van der Waals surface area contributed by atoms with Gasteiger partial charge in [-0.3, -0.25) is 4.79 Å². The Morgan fingerprint density at radius 3 is 3.00 bits per heavy atom. The topological polar surface area (TPSA) is 17.1 Å². The largest absolute Gasteiger partial charge is 0.293 e. The van der Waals surface area contributed by atoms with Crippen LogP contribution in [0.3, 0.4) is 0 Å². The van der Waals surface area contributed by atoms with Gasteiger partial charge in [-0.15, -0.1) is 11.8 Å². The molecule has 1 unspecified atom stereocenters. The van der Waals surface area contributed by atoms with Gasteiger partial charge < -0.3 is 0 Å². The van der Waals surface area contributed by atoms with Crippen LogP contribution in [0.2, 0.25) is 5.02 Å². The molecule has 1 aromatic carbocycles. The van der Waals surface area contributed by atoms with Gasteiger partial charge in [0.05, 0.1) is 5.25 Å². The normalized spacial score (nSPS) is 20.2. The first-order valence-corrected chi connectivity index (χ1v) is 6.20. The van der Waals surface area contributed by atoms with E-state index in [1.54, 1.807) is 6.07 Å². The summed E-state index contributed by atoms with van der Waals surface area (Å²) in [7, 11) is 0. The molecule has 0 aromatic heterocycles. The van der Waals surface area contributed by atoms with Crippen molar-refractivity contribution in [3.05, 3.63) is 34.1 Å². The van der Waals surface area contributed by atoms with Crippen molar-refractivity contribution in [3.63, 3.8) is 0 Å². The van der Waals surface area contributed by atoms with E-state index in [-0.39, 0.29) is 16.9 Å². The van der Waals surface area contributed by atoms with Gasteiger partial charge in [-0.05, 0) is 18.6 Å². The van der Waals surface area contributed by atoms with Crippen molar-refractivity contribution in [1.29, 1.82) is 0 Å². The minimum absolute atomic E-state index is 0.00477. The fourth-order valence-corrected chi connectivity index (χ4v) is 3.09. The molecular weight excluding hydrogens is 235 g/mol. The molecule has 0 N–H and O–H groups in total. The summed E-state index contributed by atoms with van der Waals surface area (Å²) < 4.78 is 13.5. The van der Waals surface area contributed by atoms with Crippen LogP contribution in [0.1, 0.15) is 29.3 Å². The van der Waals surface area contributed by atoms with Crippen molar-refractivity contribution in [2.45, 2.75) is 24.3 Å². The molecule has 15 heavy (non-hydrogen) atoms. The Balaban J connectivity index is 2.51. The number of hydrogen-bond donors (Lipinski definition) is 0. The van der Waals surface area contributed by atoms with Crippen LogP contribution in [-0.2, 0) is 5.75 Å². The summed E-state index contributed by atoms with van der Waals surface area (Å²) in [5.41, 5.74) is 0.963. The van der Waals surface area contributed by atoms with Crippen LogP contribution >= 0.6 is 23.4 Å². The molecule has 0 radical (unpaired) electrons. The van der Waals surface area contributed by atoms with Crippen molar-refractivity contribution in [2.24, 2.45) is 0 Å². The van der Waals surface area contributed by atoms with Gasteiger partial charge in [0.15, 0.2) is 5.78 Å². The van der Waals surface area contributed by atoms with Gasteiger partial charge in [-0.25, -0.2) is 4.39 Å². The molecule has 0 amide bonds. The summed E-state index contributed by atoms with van der Waals surface area (Å²) in [4.78, 5) is 11.9. The van der Waals surface area contributed by atoms with Crippen LogP contribution in [0.25, 0.3) is 0 Å². The molecule has 0 bridgehead atoms. The Morgan fingerprint density at radius 2 is 2.33 bits per heavy atom. The van der Waals surface area contributed by atoms with Crippen LogP contribution in [0.4, 0.5) is 4.39 Å². The molecule has 0 spiro atoms. The number of ketones is 1. The molecule has 0 aliphatic carbocycles. The zero-order valence-electron chi connectivity index (χ0n) is 8.22. The van der Waals surface area contributed by atoms with E-state index in [0.29, 0.717) is 21.9 Å². The van der Waals surface area contributed by atoms with E-state index in [9.17, 15) is 9.18 Å². The summed E-state index contributed by atoms with van der Waals surface area (Å²) in [6, 6.07) is 2.84. The molecule has 1 aliphatic heterocycles. The fourth-order valence-electron chi connectivity index (χ4n) is 1.71. The molecule has 1 aliphatic rings. The van der Waals surface area contributed by atoms with Crippen LogP contribution in [0, 0.1) is 5.82 Å². The number of benzene rings is 1. The lowest BCUT2D eigenvalue weighted by Gasteiger charge is -2.22. The quantitative estimate of drug-likeness (QED) is 0.750. The fraction of sp³-hybridized carbons (Fsp3) is 0.364. The van der Waals surface area contributed by atoms with Crippen molar-refractivity contribution < 1.29 is 9.18 Å². The highest BCUT2D eigenvalue weighted by atomic mass is 35.5. The van der Waals surface area contributed by atoms with Crippen molar-refractivity contribution in [2.75, 3.05) is 0 Å². The standard InChI is InChI=1S/C11H10ClFOS/c1-2-10-11(14)7-3-6(12)4-9(13)8(7)5-15-10/h3-4,10H,2,5H2,1H3. The maximum atomic E-state index is 13.5. The van der Waals surface area contributed by atoms with Crippen LogP contribution < -0.4 is 0 Å². The molecule has 0 saturated carbocycles. The Labute approximate surface area is 97.0 Å². The Morgan fingerprint density at radius 1 is 1.60 bits per heavy atom. The molecule has 2 rings (SSSR count). The monoisotopic (exact) mass is 244 g/mol. The van der Waals surface area contributed by atoms with Gasteiger partial charge in [0.25, 0.3) is 0 Å². The average Bonchev–Trinajstić information content (AvgIpc) is 2.19.